The normalized spacial score (nSPS) is 13.6. The van der Waals surface area contributed by atoms with Crippen LogP contribution in [-0.2, 0) is 32.7 Å². The second-order valence-corrected chi connectivity index (χ2v) is 16.8. The first-order valence-electron chi connectivity index (χ1n) is 20.8. The fourth-order valence-electron chi connectivity index (χ4n) is 5.84. The maximum atomic E-state index is 12.6. The Hall–Kier alpha value is -0.990. The van der Waals surface area contributed by atoms with Gasteiger partial charge < -0.3 is 18.9 Å². The third-order valence-corrected chi connectivity index (χ3v) is 10.1. The number of ether oxygens (including phenoxy) is 2. The van der Waals surface area contributed by atoms with Crippen LogP contribution in [0.1, 0.15) is 194 Å². The van der Waals surface area contributed by atoms with E-state index >= 15 is 0 Å². The Balaban J connectivity index is 4.36. The van der Waals surface area contributed by atoms with Crippen molar-refractivity contribution in [3.8, 4) is 0 Å². The number of unbranched alkanes of at least 4 members (excludes halogenated alkanes) is 24. The summed E-state index contributed by atoms with van der Waals surface area (Å²) in [5, 5.41) is 0. The van der Waals surface area contributed by atoms with Crippen LogP contribution in [0.2, 0.25) is 0 Å². The van der Waals surface area contributed by atoms with Crippen molar-refractivity contribution < 1.29 is 42.1 Å². The number of phosphoric ester groups is 1. The number of hydrogen-bond acceptors (Lipinski definition) is 7. The molecular weight excluding hydrogens is 655 g/mol. The number of phosphoric acid groups is 1. The first-order chi connectivity index (χ1) is 24.0. The van der Waals surface area contributed by atoms with E-state index in [2.05, 4.69) is 13.8 Å². The van der Waals surface area contributed by atoms with E-state index in [0.717, 1.165) is 38.5 Å². The number of likely N-dealkylation sites (N-methyl/N-ethyl adjacent to an activating group) is 1. The van der Waals surface area contributed by atoms with Gasteiger partial charge in [0.05, 0.1) is 27.7 Å². The number of rotatable bonds is 38. The number of hydrogen-bond donors (Lipinski definition) is 1. The van der Waals surface area contributed by atoms with E-state index in [1.54, 1.807) is 0 Å². The first-order valence-corrected chi connectivity index (χ1v) is 22.3. The minimum Gasteiger partial charge on any atom is -0.462 e. The van der Waals surface area contributed by atoms with Crippen LogP contribution in [-0.4, -0.2) is 74.9 Å². The molecule has 0 spiro atoms. The lowest BCUT2D eigenvalue weighted by Crippen LogP contribution is -2.37. The van der Waals surface area contributed by atoms with Crippen LogP contribution in [0.5, 0.6) is 0 Å². The lowest BCUT2D eigenvalue weighted by molar-refractivity contribution is -0.870. The highest BCUT2D eigenvalue weighted by Crippen LogP contribution is 2.43. The molecule has 0 aliphatic carbocycles. The fraction of sp³-hybridized carbons (Fsp3) is 0.950. The van der Waals surface area contributed by atoms with E-state index in [9.17, 15) is 19.0 Å². The molecule has 2 atom stereocenters. The highest BCUT2D eigenvalue weighted by Gasteiger charge is 2.27. The molecule has 0 aliphatic heterocycles. The Labute approximate surface area is 308 Å². The number of esters is 2. The fourth-order valence-corrected chi connectivity index (χ4v) is 6.58. The molecule has 0 saturated heterocycles. The van der Waals surface area contributed by atoms with Gasteiger partial charge in [0.15, 0.2) is 6.10 Å². The van der Waals surface area contributed by atoms with Crippen molar-refractivity contribution in [1.82, 2.24) is 0 Å². The zero-order valence-corrected chi connectivity index (χ0v) is 34.3. The van der Waals surface area contributed by atoms with E-state index in [0.29, 0.717) is 17.4 Å². The lowest BCUT2D eigenvalue weighted by Gasteiger charge is -2.24. The molecule has 1 N–H and O–H groups in total. The van der Waals surface area contributed by atoms with Gasteiger partial charge in [0, 0.05) is 12.8 Å². The Kier molecular flexibility index (Phi) is 33.2. The molecule has 0 aromatic heterocycles. The summed E-state index contributed by atoms with van der Waals surface area (Å²) in [5.41, 5.74) is 0. The van der Waals surface area contributed by atoms with Gasteiger partial charge in [-0.15, -0.1) is 0 Å². The minimum atomic E-state index is -4.36. The maximum Gasteiger partial charge on any atom is 0.472 e. The second kappa shape index (κ2) is 33.8. The zero-order chi connectivity index (χ0) is 37.2. The van der Waals surface area contributed by atoms with Crippen LogP contribution in [0.15, 0.2) is 0 Å². The van der Waals surface area contributed by atoms with Gasteiger partial charge in [-0.3, -0.25) is 18.6 Å². The molecule has 0 aromatic rings. The van der Waals surface area contributed by atoms with Crippen LogP contribution >= 0.6 is 7.82 Å². The van der Waals surface area contributed by atoms with E-state index in [4.69, 9.17) is 18.5 Å². The van der Waals surface area contributed by atoms with Gasteiger partial charge in [0.25, 0.3) is 0 Å². The Morgan fingerprint density at radius 3 is 1.28 bits per heavy atom. The average molecular weight is 737 g/mol. The quantitative estimate of drug-likeness (QED) is 0.0219. The third kappa shape index (κ3) is 36.8. The molecule has 0 heterocycles. The van der Waals surface area contributed by atoms with E-state index in [-0.39, 0.29) is 25.6 Å². The van der Waals surface area contributed by atoms with Gasteiger partial charge in [-0.1, -0.05) is 168 Å². The predicted octanol–water partition coefficient (Wildman–Crippen LogP) is 11.2. The van der Waals surface area contributed by atoms with Gasteiger partial charge in [-0.2, -0.15) is 0 Å². The number of carbonyl (C=O) groups is 2. The van der Waals surface area contributed by atoms with Gasteiger partial charge in [-0.05, 0) is 12.8 Å². The van der Waals surface area contributed by atoms with E-state index in [1.807, 2.05) is 21.1 Å². The first kappa shape index (κ1) is 49.0. The largest absolute Gasteiger partial charge is 0.472 e. The molecule has 10 heteroatoms. The molecule has 9 nitrogen and oxygen atoms in total. The summed E-state index contributed by atoms with van der Waals surface area (Å²) >= 11 is 0. The summed E-state index contributed by atoms with van der Waals surface area (Å²) in [6.07, 6.45) is 31.4. The van der Waals surface area contributed by atoms with Crippen molar-refractivity contribution in [1.29, 1.82) is 0 Å². The molecule has 0 rings (SSSR count). The summed E-state index contributed by atoms with van der Waals surface area (Å²) < 4.78 is 34.2. The van der Waals surface area contributed by atoms with E-state index in [1.165, 1.54) is 128 Å². The molecule has 0 saturated carbocycles. The minimum absolute atomic E-state index is 0.0366. The lowest BCUT2D eigenvalue weighted by atomic mass is 10.0. The Morgan fingerprint density at radius 1 is 0.540 bits per heavy atom. The Bertz CT molecular complexity index is 835. The van der Waals surface area contributed by atoms with Crippen molar-refractivity contribution in [2.45, 2.75) is 200 Å². The smallest absolute Gasteiger partial charge is 0.462 e. The SMILES string of the molecule is CCCCCCCCCCCCCCC[13C](=O)OC[C@H](COP(=O)(O)OCC[N+](C)(C)C)O[13C](=O)CCCCCCCCCCCCCCC. The predicted molar refractivity (Wildman–Crippen MR) is 206 cm³/mol. The van der Waals surface area contributed by atoms with Crippen molar-refractivity contribution in [2.24, 2.45) is 0 Å². The van der Waals surface area contributed by atoms with Crippen LogP contribution in [0.4, 0.5) is 0 Å². The summed E-state index contributed by atoms with van der Waals surface area (Å²) in [5.74, 6) is -0.787. The molecule has 50 heavy (non-hydrogen) atoms. The molecule has 0 amide bonds. The van der Waals surface area contributed by atoms with Gasteiger partial charge in [-0.25, -0.2) is 4.57 Å². The van der Waals surface area contributed by atoms with Crippen LogP contribution in [0.3, 0.4) is 0 Å². The van der Waals surface area contributed by atoms with Crippen LogP contribution < -0.4 is 0 Å². The van der Waals surface area contributed by atoms with Crippen molar-refractivity contribution in [3.05, 3.63) is 0 Å². The molecule has 0 bridgehead atoms. The third-order valence-electron chi connectivity index (χ3n) is 9.14. The standard InChI is InChI=1S/C40H80NO8P/c1-6-8-10-12-14-16-18-20-22-24-26-28-30-32-39(42)46-36-38(37-48-50(44,45)47-35-34-41(3,4)5)49-40(43)33-31-29-27-25-23-21-19-17-15-13-11-9-7-2/h38H,6-37H2,1-5H3/p+1/t38-/m1/s1/i39+1,40+1. The highest BCUT2D eigenvalue weighted by atomic mass is 31.2. The van der Waals surface area contributed by atoms with Crippen LogP contribution in [0.25, 0.3) is 0 Å². The summed E-state index contributed by atoms with van der Waals surface area (Å²) in [6.45, 7) is 4.44. The van der Waals surface area contributed by atoms with Gasteiger partial charge >= 0.3 is 19.8 Å². The number of carbonyl (C=O) groups excluding carboxylic acids is 2. The number of nitrogens with zero attached hydrogens (tertiary/aromatic N) is 1. The molecule has 0 fully saturated rings. The monoisotopic (exact) mass is 737 g/mol. The molecule has 1 unspecified atom stereocenters. The van der Waals surface area contributed by atoms with Crippen molar-refractivity contribution >= 4 is 19.8 Å². The topological polar surface area (TPSA) is 108 Å². The van der Waals surface area contributed by atoms with Gasteiger partial charge in [0.1, 0.15) is 19.8 Å². The number of quaternary nitrogens is 1. The summed E-state index contributed by atoms with van der Waals surface area (Å²) in [4.78, 5) is 35.2. The molecule has 0 aromatic carbocycles. The zero-order valence-electron chi connectivity index (χ0n) is 33.4. The highest BCUT2D eigenvalue weighted by molar-refractivity contribution is 7.47. The second-order valence-electron chi connectivity index (χ2n) is 15.4. The maximum absolute atomic E-state index is 12.6. The molecule has 0 radical (unpaired) electrons. The molecule has 298 valence electrons. The molecular formula is C40H81NO8P+. The average Bonchev–Trinajstić information content (AvgIpc) is 3.06. The van der Waals surface area contributed by atoms with E-state index < -0.39 is 26.5 Å². The van der Waals surface area contributed by atoms with Crippen molar-refractivity contribution in [3.63, 3.8) is 0 Å². The summed E-state index contributed by atoms with van der Waals surface area (Å²) in [7, 11) is 1.49. The van der Waals surface area contributed by atoms with Crippen LogP contribution in [0, 0.1) is 0 Å². The van der Waals surface area contributed by atoms with Crippen molar-refractivity contribution in [2.75, 3.05) is 47.5 Å². The molecule has 0 aliphatic rings. The summed E-state index contributed by atoms with van der Waals surface area (Å²) in [6, 6.07) is 0. The van der Waals surface area contributed by atoms with Gasteiger partial charge in [0.2, 0.25) is 0 Å². The Morgan fingerprint density at radius 2 is 0.900 bits per heavy atom.